The Morgan fingerprint density at radius 2 is 1.39 bits per heavy atom. The molecule has 7 heteroatoms. The summed E-state index contributed by atoms with van der Waals surface area (Å²) in [5.41, 5.74) is -3.67. The summed E-state index contributed by atoms with van der Waals surface area (Å²) in [6.45, 7) is 1.46. The highest BCUT2D eigenvalue weighted by Gasteiger charge is 2.67. The lowest BCUT2D eigenvalue weighted by Gasteiger charge is -2.36. The van der Waals surface area contributed by atoms with Crippen molar-refractivity contribution in [3.05, 3.63) is 0 Å². The molecular weight excluding hydrogens is 262 g/mol. The quantitative estimate of drug-likeness (QED) is 0.568. The van der Waals surface area contributed by atoms with Crippen molar-refractivity contribution in [2.45, 2.75) is 51.9 Å². The minimum absolute atomic E-state index is 0.109. The first kappa shape index (κ1) is 17.5. The normalized spacial score (nSPS) is 15.8. The molecule has 0 bridgehead atoms. The first-order valence-electron chi connectivity index (χ1n) is 5.70. The Morgan fingerprint density at radius 1 is 0.944 bits per heavy atom. The summed E-state index contributed by atoms with van der Waals surface area (Å²) < 4.78 is 75.5. The van der Waals surface area contributed by atoms with Gasteiger partial charge in [-0.05, 0) is 25.7 Å². The second-order valence-electron chi connectivity index (χ2n) is 4.86. The number of aliphatic hydroxyl groups excluding tert-OH is 1. The molecular formula is C11H18F6O. The average Bonchev–Trinajstić information content (AvgIpc) is 2.14. The van der Waals surface area contributed by atoms with Gasteiger partial charge in [0.15, 0.2) is 5.41 Å². The molecule has 0 amide bonds. The number of hydrogen-bond donors (Lipinski definition) is 1. The van der Waals surface area contributed by atoms with E-state index in [0.29, 0.717) is 12.8 Å². The zero-order chi connectivity index (χ0) is 14.6. The van der Waals surface area contributed by atoms with Gasteiger partial charge in [-0.25, -0.2) is 0 Å². The molecule has 18 heavy (non-hydrogen) atoms. The molecule has 0 saturated carbocycles. The van der Waals surface area contributed by atoms with Gasteiger partial charge in [0.2, 0.25) is 0 Å². The van der Waals surface area contributed by atoms with Crippen molar-refractivity contribution in [1.82, 2.24) is 0 Å². The predicted octanol–water partition coefficient (Wildman–Crippen LogP) is 4.31. The van der Waals surface area contributed by atoms with Crippen molar-refractivity contribution >= 4 is 0 Å². The van der Waals surface area contributed by atoms with Crippen LogP contribution in [0.4, 0.5) is 26.3 Å². The van der Waals surface area contributed by atoms with E-state index in [1.807, 2.05) is 0 Å². The van der Waals surface area contributed by atoms with Gasteiger partial charge in [-0.1, -0.05) is 19.8 Å². The smallest absolute Gasteiger partial charge is 0.396 e. The van der Waals surface area contributed by atoms with Crippen molar-refractivity contribution in [2.24, 2.45) is 11.3 Å². The Morgan fingerprint density at radius 3 is 1.72 bits per heavy atom. The Bertz CT molecular complexity index is 231. The average molecular weight is 280 g/mol. The van der Waals surface area contributed by atoms with Crippen molar-refractivity contribution in [3.8, 4) is 0 Å². The molecule has 1 nitrogen and oxygen atoms in total. The number of alkyl halides is 6. The molecule has 0 aliphatic carbocycles. The second kappa shape index (κ2) is 6.12. The zero-order valence-electron chi connectivity index (χ0n) is 10.3. The summed E-state index contributed by atoms with van der Waals surface area (Å²) >= 11 is 0. The van der Waals surface area contributed by atoms with Crippen molar-refractivity contribution in [2.75, 3.05) is 6.61 Å². The maximum absolute atomic E-state index is 12.6. The molecule has 0 aliphatic heterocycles. The third-order valence-corrected chi connectivity index (χ3v) is 3.11. The minimum Gasteiger partial charge on any atom is -0.396 e. The van der Waals surface area contributed by atoms with Crippen LogP contribution in [0.15, 0.2) is 0 Å². The van der Waals surface area contributed by atoms with Gasteiger partial charge in [-0.15, -0.1) is 0 Å². The Labute approximate surface area is 102 Å². The maximum Gasteiger partial charge on any atom is 0.402 e. The number of aliphatic hydroxyl groups is 1. The van der Waals surface area contributed by atoms with Gasteiger partial charge in [0.05, 0.1) is 0 Å². The molecule has 0 fully saturated rings. The topological polar surface area (TPSA) is 20.2 Å². The van der Waals surface area contributed by atoms with Gasteiger partial charge in [-0.2, -0.15) is 26.3 Å². The van der Waals surface area contributed by atoms with Crippen LogP contribution in [0.25, 0.3) is 0 Å². The van der Waals surface area contributed by atoms with Gasteiger partial charge in [0.25, 0.3) is 0 Å². The van der Waals surface area contributed by atoms with E-state index in [9.17, 15) is 26.3 Å². The van der Waals surface area contributed by atoms with Crippen LogP contribution in [0.5, 0.6) is 0 Å². The third-order valence-electron chi connectivity index (χ3n) is 3.11. The number of hydrogen-bond acceptors (Lipinski definition) is 1. The highest BCUT2D eigenvalue weighted by molar-refractivity contribution is 4.90. The molecule has 0 aliphatic rings. The van der Waals surface area contributed by atoms with Gasteiger partial charge in [-0.3, -0.25) is 0 Å². The first-order valence-corrected chi connectivity index (χ1v) is 5.70. The summed E-state index contributed by atoms with van der Waals surface area (Å²) in [6.07, 6.45) is -10.6. The lowest BCUT2D eigenvalue weighted by molar-refractivity contribution is -0.339. The molecule has 1 atom stereocenters. The summed E-state index contributed by atoms with van der Waals surface area (Å²) in [4.78, 5) is 0. The monoisotopic (exact) mass is 280 g/mol. The van der Waals surface area contributed by atoms with Crippen LogP contribution < -0.4 is 0 Å². The minimum atomic E-state index is -5.31. The number of halogens is 6. The van der Waals surface area contributed by atoms with Crippen LogP contribution >= 0.6 is 0 Å². The van der Waals surface area contributed by atoms with E-state index in [1.165, 1.54) is 6.92 Å². The van der Waals surface area contributed by atoms with E-state index in [1.54, 1.807) is 0 Å². The molecule has 0 aromatic rings. The van der Waals surface area contributed by atoms with Crippen LogP contribution in [-0.4, -0.2) is 24.1 Å². The molecule has 0 saturated heterocycles. The lowest BCUT2D eigenvalue weighted by Crippen LogP contribution is -2.48. The summed E-state index contributed by atoms with van der Waals surface area (Å²) in [6, 6.07) is 0. The lowest BCUT2D eigenvalue weighted by atomic mass is 9.78. The van der Waals surface area contributed by atoms with Crippen LogP contribution in [0, 0.1) is 11.3 Å². The molecule has 0 spiro atoms. The van der Waals surface area contributed by atoms with E-state index in [4.69, 9.17) is 5.11 Å². The molecule has 0 aromatic carbocycles. The van der Waals surface area contributed by atoms with E-state index < -0.39 is 30.1 Å². The summed E-state index contributed by atoms with van der Waals surface area (Å²) in [5.74, 6) is -0.704. The van der Waals surface area contributed by atoms with Crippen molar-refractivity contribution < 1.29 is 31.4 Å². The standard InChI is InChI=1S/C11H18F6O/c1-8(5-3-4-6-18)7-9(2,10(12,13)14)11(15,16)17/h8,18H,3-7H2,1-2H3. The molecule has 0 rings (SSSR count). The highest BCUT2D eigenvalue weighted by atomic mass is 19.4. The van der Waals surface area contributed by atoms with E-state index >= 15 is 0 Å². The van der Waals surface area contributed by atoms with Crippen molar-refractivity contribution in [1.29, 1.82) is 0 Å². The zero-order valence-corrected chi connectivity index (χ0v) is 10.3. The second-order valence-corrected chi connectivity index (χ2v) is 4.86. The SMILES string of the molecule is CC(CCCCO)CC(C)(C(F)(F)F)C(F)(F)F. The third kappa shape index (κ3) is 4.33. The van der Waals surface area contributed by atoms with E-state index in [2.05, 4.69) is 0 Å². The fraction of sp³-hybridized carbons (Fsp3) is 1.00. The largest absolute Gasteiger partial charge is 0.402 e. The molecule has 0 radical (unpaired) electrons. The van der Waals surface area contributed by atoms with Crippen LogP contribution in [0.2, 0.25) is 0 Å². The Kier molecular flexibility index (Phi) is 5.97. The van der Waals surface area contributed by atoms with Crippen molar-refractivity contribution in [3.63, 3.8) is 0 Å². The van der Waals surface area contributed by atoms with Crippen LogP contribution in [0.1, 0.15) is 39.5 Å². The van der Waals surface area contributed by atoms with E-state index in [0.717, 1.165) is 0 Å². The fourth-order valence-electron chi connectivity index (χ4n) is 1.80. The fourth-order valence-corrected chi connectivity index (χ4v) is 1.80. The predicted molar refractivity (Wildman–Crippen MR) is 54.9 cm³/mol. The maximum atomic E-state index is 12.6. The molecule has 0 aromatic heterocycles. The van der Waals surface area contributed by atoms with Gasteiger partial charge >= 0.3 is 12.4 Å². The molecule has 1 N–H and O–H groups in total. The Hall–Kier alpha value is -0.460. The molecule has 110 valence electrons. The Balaban J connectivity index is 4.73. The van der Waals surface area contributed by atoms with Gasteiger partial charge in [0.1, 0.15) is 0 Å². The van der Waals surface area contributed by atoms with Gasteiger partial charge < -0.3 is 5.11 Å². The molecule has 0 heterocycles. The van der Waals surface area contributed by atoms with Crippen LogP contribution in [0.3, 0.4) is 0 Å². The van der Waals surface area contributed by atoms with Gasteiger partial charge in [0, 0.05) is 6.61 Å². The van der Waals surface area contributed by atoms with E-state index in [-0.39, 0.29) is 20.0 Å². The number of rotatable bonds is 6. The first-order chi connectivity index (χ1) is 7.95. The summed E-state index contributed by atoms with van der Waals surface area (Å²) in [7, 11) is 0. The highest BCUT2D eigenvalue weighted by Crippen LogP contribution is 2.53. The van der Waals surface area contributed by atoms with Crippen LogP contribution in [-0.2, 0) is 0 Å². The summed E-state index contributed by atoms with van der Waals surface area (Å²) in [5, 5.41) is 8.51. The molecule has 1 unspecified atom stereocenters. The number of unbranched alkanes of at least 4 members (excludes halogenated alkanes) is 1.